The van der Waals surface area contributed by atoms with Crippen LogP contribution in [0.2, 0.25) is 0 Å². The molecule has 4 nitrogen and oxygen atoms in total. The van der Waals surface area contributed by atoms with Crippen LogP contribution < -0.4 is 15.6 Å². The fourth-order valence-electron chi connectivity index (χ4n) is 2.14. The highest BCUT2D eigenvalue weighted by atomic mass is 16.5. The summed E-state index contributed by atoms with van der Waals surface area (Å²) in [5.74, 6) is 0.763. The van der Waals surface area contributed by atoms with Gasteiger partial charge in [-0.3, -0.25) is 10.2 Å². The Balaban J connectivity index is 2.19. The van der Waals surface area contributed by atoms with E-state index >= 15 is 0 Å². The van der Waals surface area contributed by atoms with E-state index in [4.69, 9.17) is 4.74 Å². The fraction of sp³-hybridized carbons (Fsp3) is 0.533. The second kappa shape index (κ2) is 5.21. The Morgan fingerprint density at radius 1 is 1.32 bits per heavy atom. The molecule has 0 aromatic heterocycles. The van der Waals surface area contributed by atoms with E-state index in [0.29, 0.717) is 5.56 Å². The maximum Gasteiger partial charge on any atom is 0.265 e. The van der Waals surface area contributed by atoms with Crippen LogP contribution in [0.1, 0.15) is 48.7 Å². The lowest BCUT2D eigenvalue weighted by Gasteiger charge is -2.23. The number of hydrazine groups is 1. The van der Waals surface area contributed by atoms with E-state index in [0.717, 1.165) is 30.8 Å². The average molecular weight is 262 g/mol. The van der Waals surface area contributed by atoms with Gasteiger partial charge in [-0.15, -0.1) is 0 Å². The lowest BCUT2D eigenvalue weighted by Crippen LogP contribution is -2.48. The molecule has 0 fully saturated rings. The van der Waals surface area contributed by atoms with Gasteiger partial charge in [-0.05, 0) is 52.2 Å². The highest BCUT2D eigenvalue weighted by Gasteiger charge is 2.19. The molecular formula is C15H22N2O2. The molecule has 19 heavy (non-hydrogen) atoms. The van der Waals surface area contributed by atoms with Gasteiger partial charge in [0.05, 0.1) is 6.61 Å². The molecule has 0 spiro atoms. The molecule has 1 aromatic rings. The molecule has 1 aromatic carbocycles. The summed E-state index contributed by atoms with van der Waals surface area (Å²) >= 11 is 0. The molecule has 1 aliphatic heterocycles. The van der Waals surface area contributed by atoms with Crippen molar-refractivity contribution in [2.24, 2.45) is 0 Å². The number of nitrogens with one attached hydrogen (secondary N) is 2. The van der Waals surface area contributed by atoms with Crippen molar-refractivity contribution in [2.45, 2.75) is 46.1 Å². The quantitative estimate of drug-likeness (QED) is 0.804. The SMILES string of the molecule is Cc1c(C(=O)NNC(C)(C)C)ccc2c1OCCC2. The number of carbonyl (C=O) groups excluding carboxylic acids is 1. The maximum absolute atomic E-state index is 12.2. The summed E-state index contributed by atoms with van der Waals surface area (Å²) in [6.45, 7) is 8.66. The Kier molecular flexibility index (Phi) is 3.80. The molecule has 104 valence electrons. The molecule has 0 aliphatic carbocycles. The summed E-state index contributed by atoms with van der Waals surface area (Å²) in [5, 5.41) is 0. The lowest BCUT2D eigenvalue weighted by atomic mass is 9.98. The summed E-state index contributed by atoms with van der Waals surface area (Å²) in [6.07, 6.45) is 2.07. The maximum atomic E-state index is 12.2. The predicted molar refractivity (Wildman–Crippen MR) is 75.3 cm³/mol. The molecule has 0 saturated heterocycles. The predicted octanol–water partition coefficient (Wildman–Crippen LogP) is 2.35. The average Bonchev–Trinajstić information content (AvgIpc) is 2.36. The number of benzene rings is 1. The van der Waals surface area contributed by atoms with Crippen LogP contribution in [0.4, 0.5) is 0 Å². The second-order valence-electron chi connectivity index (χ2n) is 6.01. The number of ether oxygens (including phenoxy) is 1. The van der Waals surface area contributed by atoms with Gasteiger partial charge in [0.15, 0.2) is 0 Å². The number of aryl methyl sites for hydroxylation is 1. The molecule has 0 atom stereocenters. The number of fused-ring (bicyclic) bond motifs is 1. The zero-order valence-electron chi connectivity index (χ0n) is 12.1. The first-order chi connectivity index (χ1) is 8.88. The van der Waals surface area contributed by atoms with E-state index in [9.17, 15) is 4.79 Å². The van der Waals surface area contributed by atoms with E-state index in [1.54, 1.807) is 0 Å². The molecule has 1 heterocycles. The minimum absolute atomic E-state index is 0.121. The Morgan fingerprint density at radius 2 is 2.05 bits per heavy atom. The molecule has 1 amide bonds. The minimum atomic E-state index is -0.158. The van der Waals surface area contributed by atoms with E-state index < -0.39 is 0 Å². The van der Waals surface area contributed by atoms with Gasteiger partial charge in [0.2, 0.25) is 0 Å². The first-order valence-electron chi connectivity index (χ1n) is 6.71. The van der Waals surface area contributed by atoms with E-state index in [2.05, 4.69) is 10.9 Å². The molecule has 2 N–H and O–H groups in total. The van der Waals surface area contributed by atoms with Crippen LogP contribution in [-0.4, -0.2) is 18.1 Å². The molecule has 0 saturated carbocycles. The van der Waals surface area contributed by atoms with Gasteiger partial charge in [0.25, 0.3) is 5.91 Å². The molecular weight excluding hydrogens is 240 g/mol. The number of amides is 1. The van der Waals surface area contributed by atoms with Crippen LogP contribution in [0.25, 0.3) is 0 Å². The molecule has 1 aliphatic rings. The van der Waals surface area contributed by atoms with Crippen LogP contribution in [-0.2, 0) is 6.42 Å². The van der Waals surface area contributed by atoms with Crippen LogP contribution in [0, 0.1) is 6.92 Å². The smallest absolute Gasteiger partial charge is 0.265 e. The van der Waals surface area contributed by atoms with Crippen molar-refractivity contribution in [1.82, 2.24) is 10.9 Å². The zero-order chi connectivity index (χ0) is 14.0. The molecule has 0 unspecified atom stereocenters. The van der Waals surface area contributed by atoms with Gasteiger partial charge in [-0.2, -0.15) is 0 Å². The molecule has 2 rings (SSSR count). The van der Waals surface area contributed by atoms with Crippen molar-refractivity contribution in [3.8, 4) is 5.75 Å². The molecule has 0 radical (unpaired) electrons. The van der Waals surface area contributed by atoms with Gasteiger partial charge >= 0.3 is 0 Å². The van der Waals surface area contributed by atoms with Gasteiger partial charge < -0.3 is 4.74 Å². The largest absolute Gasteiger partial charge is 0.493 e. The van der Waals surface area contributed by atoms with E-state index in [-0.39, 0.29) is 11.4 Å². The second-order valence-corrected chi connectivity index (χ2v) is 6.01. The Bertz CT molecular complexity index is 490. The van der Waals surface area contributed by atoms with Crippen molar-refractivity contribution in [3.05, 3.63) is 28.8 Å². The Morgan fingerprint density at radius 3 is 2.74 bits per heavy atom. The number of hydrogen-bond acceptors (Lipinski definition) is 3. The van der Waals surface area contributed by atoms with Crippen molar-refractivity contribution >= 4 is 5.91 Å². The summed E-state index contributed by atoms with van der Waals surface area (Å²) in [6, 6.07) is 3.87. The highest BCUT2D eigenvalue weighted by Crippen LogP contribution is 2.30. The fourth-order valence-corrected chi connectivity index (χ4v) is 2.14. The van der Waals surface area contributed by atoms with Crippen LogP contribution in [0.15, 0.2) is 12.1 Å². The van der Waals surface area contributed by atoms with Crippen molar-refractivity contribution in [1.29, 1.82) is 0 Å². The third kappa shape index (κ3) is 3.26. The van der Waals surface area contributed by atoms with E-state index in [1.165, 1.54) is 5.56 Å². The summed E-state index contributed by atoms with van der Waals surface area (Å²) in [4.78, 5) is 12.2. The van der Waals surface area contributed by atoms with Crippen LogP contribution in [0.5, 0.6) is 5.75 Å². The third-order valence-electron chi connectivity index (χ3n) is 3.12. The lowest BCUT2D eigenvalue weighted by molar-refractivity contribution is 0.0913. The van der Waals surface area contributed by atoms with E-state index in [1.807, 2.05) is 39.8 Å². The summed E-state index contributed by atoms with van der Waals surface area (Å²) in [7, 11) is 0. The van der Waals surface area contributed by atoms with Crippen molar-refractivity contribution in [2.75, 3.05) is 6.61 Å². The van der Waals surface area contributed by atoms with Gasteiger partial charge in [-0.1, -0.05) is 6.07 Å². The normalized spacial score (nSPS) is 14.5. The van der Waals surface area contributed by atoms with Crippen LogP contribution in [0.3, 0.4) is 0 Å². The summed E-state index contributed by atoms with van der Waals surface area (Å²) in [5.41, 5.74) is 8.35. The molecule has 4 heteroatoms. The van der Waals surface area contributed by atoms with Gasteiger partial charge in [0, 0.05) is 16.7 Å². The number of carbonyl (C=O) groups is 1. The van der Waals surface area contributed by atoms with Crippen LogP contribution >= 0.6 is 0 Å². The number of hydrogen-bond donors (Lipinski definition) is 2. The summed E-state index contributed by atoms with van der Waals surface area (Å²) < 4.78 is 5.69. The Hall–Kier alpha value is -1.55. The first-order valence-corrected chi connectivity index (χ1v) is 6.71. The van der Waals surface area contributed by atoms with Gasteiger partial charge in [-0.25, -0.2) is 5.43 Å². The zero-order valence-corrected chi connectivity index (χ0v) is 12.1. The van der Waals surface area contributed by atoms with Crippen molar-refractivity contribution in [3.63, 3.8) is 0 Å². The first kappa shape index (κ1) is 13.9. The number of rotatable bonds is 2. The monoisotopic (exact) mass is 262 g/mol. The Labute approximate surface area is 114 Å². The molecule has 0 bridgehead atoms. The topological polar surface area (TPSA) is 50.4 Å². The third-order valence-corrected chi connectivity index (χ3v) is 3.12. The van der Waals surface area contributed by atoms with Gasteiger partial charge in [0.1, 0.15) is 5.75 Å². The highest BCUT2D eigenvalue weighted by molar-refractivity contribution is 5.96. The standard InChI is InChI=1S/C15H22N2O2/c1-10-12(14(18)16-17-15(2,3)4)8-7-11-6-5-9-19-13(10)11/h7-8,17H,5-6,9H2,1-4H3,(H,16,18). The van der Waals surface area contributed by atoms with Crippen molar-refractivity contribution < 1.29 is 9.53 Å². The minimum Gasteiger partial charge on any atom is -0.493 e.